The van der Waals surface area contributed by atoms with E-state index in [1.165, 1.54) is 19.2 Å². The van der Waals surface area contributed by atoms with Crippen LogP contribution in [0.25, 0.3) is 0 Å². The van der Waals surface area contributed by atoms with Crippen molar-refractivity contribution in [3.63, 3.8) is 0 Å². The van der Waals surface area contributed by atoms with Crippen molar-refractivity contribution >= 4 is 58.4 Å². The molecule has 0 aromatic heterocycles. The number of benzene rings is 2. The van der Waals surface area contributed by atoms with E-state index < -0.39 is 48.0 Å². The number of unbranched alkanes of at least 4 members (excludes halogenated alkanes) is 1. The lowest BCUT2D eigenvalue weighted by Crippen LogP contribution is -2.59. The van der Waals surface area contributed by atoms with E-state index in [2.05, 4.69) is 31.4 Å². The number of amides is 6. The third-order valence-corrected chi connectivity index (χ3v) is 8.37. The average Bonchev–Trinajstić information content (AvgIpc) is 3.12. The van der Waals surface area contributed by atoms with Gasteiger partial charge in [0.15, 0.2) is 0 Å². The first kappa shape index (κ1) is 43.6. The van der Waals surface area contributed by atoms with Crippen LogP contribution >= 0.6 is 22.6 Å². The summed E-state index contributed by atoms with van der Waals surface area (Å²) in [5.74, 6) is -2.65. The number of phenolic OH excluding ortho intramolecular Hbond substituents is 1. The predicted octanol–water partition coefficient (Wildman–Crippen LogP) is 3.68. The average molecular weight is 839 g/mol. The van der Waals surface area contributed by atoms with Crippen LogP contribution in [-0.2, 0) is 41.8 Å². The highest BCUT2D eigenvalue weighted by atomic mass is 127. The van der Waals surface area contributed by atoms with Gasteiger partial charge in [-0.2, -0.15) is 0 Å². The Hall–Kier alpha value is -4.61. The highest BCUT2D eigenvalue weighted by molar-refractivity contribution is 14.1. The second-order valence-corrected chi connectivity index (χ2v) is 13.6. The molecule has 15 nitrogen and oxygen atoms in total. The van der Waals surface area contributed by atoms with Gasteiger partial charge in [-0.1, -0.05) is 92.8 Å². The van der Waals surface area contributed by atoms with Crippen LogP contribution in [0.2, 0.25) is 0 Å². The first-order valence-electron chi connectivity index (χ1n) is 17.1. The van der Waals surface area contributed by atoms with Crippen LogP contribution in [0.4, 0.5) is 9.59 Å². The quantitative estimate of drug-likeness (QED) is 0.0528. The molecule has 0 spiro atoms. The number of methoxy groups -OCH3 is 1. The molecule has 6 amide bonds. The van der Waals surface area contributed by atoms with Gasteiger partial charge in [0, 0.05) is 6.54 Å². The van der Waals surface area contributed by atoms with Crippen LogP contribution < -0.4 is 26.7 Å². The summed E-state index contributed by atoms with van der Waals surface area (Å²) in [6, 6.07) is 12.0. The Labute approximate surface area is 318 Å². The molecule has 0 heterocycles. The summed E-state index contributed by atoms with van der Waals surface area (Å²) >= 11 is 1.89. The highest BCUT2D eigenvalue weighted by Gasteiger charge is 2.32. The van der Waals surface area contributed by atoms with Crippen molar-refractivity contribution in [2.45, 2.75) is 84.7 Å². The first-order valence-corrected chi connectivity index (χ1v) is 18.6. The monoisotopic (exact) mass is 838 g/mol. The lowest BCUT2D eigenvalue weighted by atomic mass is 10.0. The molecular formula is C36H51IN6O9. The molecule has 2 rings (SSSR count). The molecule has 0 unspecified atom stereocenters. The number of carbonyl (C=O) groups excluding carboxylic acids is 6. The number of carbonyl (C=O) groups is 6. The van der Waals surface area contributed by atoms with E-state index in [4.69, 9.17) is 4.74 Å². The maximum atomic E-state index is 13.9. The Morgan fingerprint density at radius 1 is 0.788 bits per heavy atom. The molecule has 0 aliphatic heterocycles. The number of aromatic hydroxyl groups is 1. The van der Waals surface area contributed by atoms with Crippen LogP contribution in [-0.4, -0.2) is 82.1 Å². The van der Waals surface area contributed by atoms with Gasteiger partial charge in [-0.15, -0.1) is 0 Å². The highest BCUT2D eigenvalue weighted by Crippen LogP contribution is 2.13. The zero-order chi connectivity index (χ0) is 38.6. The van der Waals surface area contributed by atoms with Crippen molar-refractivity contribution in [1.29, 1.82) is 0 Å². The fraction of sp³-hybridized carbons (Fsp3) is 0.500. The van der Waals surface area contributed by atoms with Crippen LogP contribution in [0.3, 0.4) is 0 Å². The molecule has 2 aromatic carbocycles. The minimum Gasteiger partial charge on any atom is -0.508 e. The Morgan fingerprint density at radius 2 is 1.44 bits per heavy atom. The predicted molar refractivity (Wildman–Crippen MR) is 202 cm³/mol. The number of hydrogen-bond donors (Lipinski definition) is 6. The summed E-state index contributed by atoms with van der Waals surface area (Å²) in [5, 5.41) is 21.5. The van der Waals surface area contributed by atoms with Gasteiger partial charge < -0.3 is 35.8 Å². The lowest BCUT2D eigenvalue weighted by molar-refractivity contribution is -0.142. The summed E-state index contributed by atoms with van der Waals surface area (Å²) in [7, 11) is 1.25. The van der Waals surface area contributed by atoms with Crippen molar-refractivity contribution in [1.82, 2.24) is 31.7 Å². The van der Waals surface area contributed by atoms with E-state index in [9.17, 15) is 33.9 Å². The van der Waals surface area contributed by atoms with Crippen LogP contribution in [0.1, 0.15) is 64.5 Å². The van der Waals surface area contributed by atoms with E-state index in [0.717, 1.165) is 10.6 Å². The summed E-state index contributed by atoms with van der Waals surface area (Å²) in [5.41, 5.74) is 4.06. The fourth-order valence-electron chi connectivity index (χ4n) is 4.93. The number of hydrazine groups is 1. The zero-order valence-electron chi connectivity index (χ0n) is 30.3. The fourth-order valence-corrected chi connectivity index (χ4v) is 5.34. The van der Waals surface area contributed by atoms with E-state index in [0.29, 0.717) is 18.4 Å². The smallest absolute Gasteiger partial charge is 0.408 e. The molecular weight excluding hydrogens is 787 g/mol. The second-order valence-electron chi connectivity index (χ2n) is 12.8. The summed E-state index contributed by atoms with van der Waals surface area (Å²) in [6.45, 7) is 7.50. The number of rotatable bonds is 19. The largest absolute Gasteiger partial charge is 0.508 e. The Balaban J connectivity index is 2.22. The minimum absolute atomic E-state index is 0.00114. The normalized spacial score (nSPS) is 12.5. The molecule has 16 heteroatoms. The van der Waals surface area contributed by atoms with Crippen LogP contribution in [0, 0.1) is 11.8 Å². The molecule has 2 aromatic rings. The van der Waals surface area contributed by atoms with Gasteiger partial charge in [-0.25, -0.2) is 14.6 Å². The molecule has 3 atom stereocenters. The van der Waals surface area contributed by atoms with E-state index in [-0.39, 0.29) is 60.5 Å². The second kappa shape index (κ2) is 23.1. The summed E-state index contributed by atoms with van der Waals surface area (Å²) < 4.78 is 9.97. The van der Waals surface area contributed by atoms with Crippen molar-refractivity contribution in [2.24, 2.45) is 11.8 Å². The summed E-state index contributed by atoms with van der Waals surface area (Å²) in [4.78, 5) is 78.0. The van der Waals surface area contributed by atoms with Gasteiger partial charge in [0.05, 0.1) is 18.1 Å². The number of nitrogens with zero attached hydrogens (tertiary/aromatic N) is 1. The Kier molecular flexibility index (Phi) is 19.3. The standard InChI is InChI=1S/C36H51IN6O9/c1-23(2)19-29(33(47)42-43(30(45)20-37)21-25-14-16-27(44)17-15-25)40-32(46)28(13-9-10-18-38-35(49)51-5)39-34(48)31(24(3)4)41-36(50)52-22-26-11-7-6-8-12-26/h6-8,11-12,14-17,23-24,28-29,31,44H,9-10,13,18-22H2,1-5H3,(H,38,49)(H,39,48)(H,40,46)(H,41,50)(H,42,47)/t28-,29-,31-/m0/s1. The molecule has 0 fully saturated rings. The van der Waals surface area contributed by atoms with Crippen molar-refractivity contribution in [2.75, 3.05) is 18.1 Å². The number of ether oxygens (including phenoxy) is 2. The zero-order valence-corrected chi connectivity index (χ0v) is 32.4. The van der Waals surface area contributed by atoms with Gasteiger partial charge in [0.25, 0.3) is 11.8 Å². The number of alkyl halides is 1. The van der Waals surface area contributed by atoms with E-state index in [1.54, 1.807) is 38.1 Å². The lowest BCUT2D eigenvalue weighted by Gasteiger charge is -2.29. The minimum atomic E-state index is -1.12. The molecule has 286 valence electrons. The van der Waals surface area contributed by atoms with Crippen molar-refractivity contribution in [3.8, 4) is 5.75 Å². The SMILES string of the molecule is COC(=O)NCCCC[C@H](NC(=O)[C@@H](NC(=O)OCc1ccccc1)C(C)C)C(=O)N[C@@H](CC(C)C)C(=O)NN(Cc1ccc(O)cc1)C(=O)CI. The van der Waals surface area contributed by atoms with Crippen LogP contribution in [0.5, 0.6) is 5.75 Å². The van der Waals surface area contributed by atoms with Gasteiger partial charge in [0.1, 0.15) is 30.5 Å². The van der Waals surface area contributed by atoms with E-state index in [1.807, 2.05) is 54.6 Å². The molecule has 6 N–H and O–H groups in total. The Bertz CT molecular complexity index is 1460. The molecule has 0 saturated heterocycles. The van der Waals surface area contributed by atoms with Gasteiger partial charge >= 0.3 is 12.2 Å². The number of halogens is 1. The number of hydrogen-bond acceptors (Lipinski definition) is 9. The van der Waals surface area contributed by atoms with Gasteiger partial charge in [0.2, 0.25) is 11.8 Å². The van der Waals surface area contributed by atoms with E-state index >= 15 is 0 Å². The molecule has 0 bridgehead atoms. The molecule has 0 aliphatic rings. The molecule has 0 saturated carbocycles. The van der Waals surface area contributed by atoms with Crippen molar-refractivity contribution in [3.05, 3.63) is 65.7 Å². The molecule has 0 radical (unpaired) electrons. The topological polar surface area (TPSA) is 204 Å². The molecule has 52 heavy (non-hydrogen) atoms. The maximum absolute atomic E-state index is 13.9. The van der Waals surface area contributed by atoms with Crippen molar-refractivity contribution < 1.29 is 43.3 Å². The number of phenols is 1. The summed E-state index contributed by atoms with van der Waals surface area (Å²) in [6.07, 6.45) is -0.203. The maximum Gasteiger partial charge on any atom is 0.408 e. The number of alkyl carbamates (subject to hydrolysis) is 2. The van der Waals surface area contributed by atoms with Gasteiger partial charge in [-0.3, -0.25) is 24.6 Å². The van der Waals surface area contributed by atoms with Gasteiger partial charge in [-0.05, 0) is 60.8 Å². The third kappa shape index (κ3) is 16.2. The Morgan fingerprint density at radius 3 is 2.04 bits per heavy atom. The first-order chi connectivity index (χ1) is 24.7. The molecule has 0 aliphatic carbocycles. The third-order valence-electron chi connectivity index (χ3n) is 7.72. The van der Waals surface area contributed by atoms with Crippen LogP contribution in [0.15, 0.2) is 54.6 Å². The number of nitrogens with one attached hydrogen (secondary N) is 5.